The van der Waals surface area contributed by atoms with E-state index in [4.69, 9.17) is 4.74 Å². The van der Waals surface area contributed by atoms with Gasteiger partial charge in [0.15, 0.2) is 0 Å². The molecule has 0 radical (unpaired) electrons. The van der Waals surface area contributed by atoms with Gasteiger partial charge >= 0.3 is 0 Å². The topological polar surface area (TPSA) is 39.1 Å². The van der Waals surface area contributed by atoms with Crippen molar-refractivity contribution in [3.05, 3.63) is 6.20 Å². The molecule has 0 aromatic carbocycles. The molecule has 0 amide bonds. The van der Waals surface area contributed by atoms with E-state index in [1.165, 1.54) is 0 Å². The number of aromatic nitrogens is 2. The molecule has 0 spiro atoms. The largest absolute Gasteiger partial charge is 0.478 e. The van der Waals surface area contributed by atoms with Crippen molar-refractivity contribution in [2.24, 2.45) is 12.5 Å². The first kappa shape index (κ1) is 10.9. The van der Waals surface area contributed by atoms with Crippen LogP contribution in [0.2, 0.25) is 0 Å². The molecule has 80 valence electrons. The number of hydrogen-bond donors (Lipinski definition) is 1. The van der Waals surface area contributed by atoms with Crippen LogP contribution >= 0.6 is 0 Å². The van der Waals surface area contributed by atoms with Gasteiger partial charge in [-0.25, -0.2) is 0 Å². The van der Waals surface area contributed by atoms with Crippen molar-refractivity contribution in [2.75, 3.05) is 19.0 Å². The molecule has 0 bridgehead atoms. The smallest absolute Gasteiger partial charge is 0.256 e. The molecule has 1 aromatic heterocycles. The van der Waals surface area contributed by atoms with Crippen LogP contribution in [0.25, 0.3) is 0 Å². The molecule has 4 nitrogen and oxygen atoms in total. The van der Waals surface area contributed by atoms with E-state index >= 15 is 0 Å². The summed E-state index contributed by atoms with van der Waals surface area (Å²) in [7, 11) is 3.51. The first-order valence-corrected chi connectivity index (χ1v) is 4.74. The van der Waals surface area contributed by atoms with Gasteiger partial charge < -0.3 is 10.1 Å². The Balaban J connectivity index is 2.66. The highest BCUT2D eigenvalue weighted by molar-refractivity contribution is 5.51. The summed E-state index contributed by atoms with van der Waals surface area (Å²) in [5, 5.41) is 7.48. The number of ether oxygens (including phenoxy) is 1. The highest BCUT2D eigenvalue weighted by Gasteiger charge is 2.13. The monoisotopic (exact) mass is 197 g/mol. The Morgan fingerprint density at radius 2 is 2.14 bits per heavy atom. The van der Waals surface area contributed by atoms with Crippen molar-refractivity contribution in [3.63, 3.8) is 0 Å². The normalized spacial score (nSPS) is 11.5. The Bertz CT molecular complexity index is 299. The van der Waals surface area contributed by atoms with Crippen LogP contribution in [-0.2, 0) is 7.05 Å². The van der Waals surface area contributed by atoms with Gasteiger partial charge in [-0.1, -0.05) is 20.8 Å². The van der Waals surface area contributed by atoms with Crippen molar-refractivity contribution in [2.45, 2.75) is 20.8 Å². The summed E-state index contributed by atoms with van der Waals surface area (Å²) in [5.74, 6) is 0.650. The fraction of sp³-hybridized carbons (Fsp3) is 0.700. The minimum atomic E-state index is 0.251. The summed E-state index contributed by atoms with van der Waals surface area (Å²) in [4.78, 5) is 0. The molecule has 0 aliphatic carbocycles. The molecule has 1 N–H and O–H groups in total. The van der Waals surface area contributed by atoms with Crippen molar-refractivity contribution >= 4 is 5.69 Å². The average Bonchev–Trinajstić information content (AvgIpc) is 2.41. The first-order valence-electron chi connectivity index (χ1n) is 4.74. The summed E-state index contributed by atoms with van der Waals surface area (Å²) >= 11 is 0. The van der Waals surface area contributed by atoms with Crippen LogP contribution in [0, 0.1) is 5.41 Å². The summed E-state index contributed by atoms with van der Waals surface area (Å²) in [6.07, 6.45) is 1.92. The quantitative estimate of drug-likeness (QED) is 0.804. The minimum absolute atomic E-state index is 0.251. The zero-order chi connectivity index (χ0) is 10.8. The standard InChI is InChI=1S/C10H19N3O/c1-10(2,3)7-11-8-6-13(4)12-9(8)14-5/h6,11H,7H2,1-5H3. The van der Waals surface area contributed by atoms with Gasteiger partial charge in [0.1, 0.15) is 5.69 Å². The molecule has 0 atom stereocenters. The molecular formula is C10H19N3O. The number of rotatable bonds is 3. The van der Waals surface area contributed by atoms with E-state index in [0.29, 0.717) is 5.88 Å². The van der Waals surface area contributed by atoms with Gasteiger partial charge in [-0.2, -0.15) is 0 Å². The van der Waals surface area contributed by atoms with E-state index < -0.39 is 0 Å². The third-order valence-electron chi connectivity index (χ3n) is 1.80. The van der Waals surface area contributed by atoms with Gasteiger partial charge in [0, 0.05) is 13.6 Å². The van der Waals surface area contributed by atoms with Gasteiger partial charge in [0.2, 0.25) is 0 Å². The van der Waals surface area contributed by atoms with Gasteiger partial charge in [-0.3, -0.25) is 4.68 Å². The molecule has 4 heteroatoms. The highest BCUT2D eigenvalue weighted by atomic mass is 16.5. The van der Waals surface area contributed by atoms with Gasteiger partial charge in [0.05, 0.1) is 13.3 Å². The maximum absolute atomic E-state index is 5.14. The van der Waals surface area contributed by atoms with Crippen LogP contribution in [-0.4, -0.2) is 23.4 Å². The average molecular weight is 197 g/mol. The van der Waals surface area contributed by atoms with Crippen LogP contribution in [0.4, 0.5) is 5.69 Å². The fourth-order valence-electron chi connectivity index (χ4n) is 1.10. The molecule has 14 heavy (non-hydrogen) atoms. The number of hydrogen-bond acceptors (Lipinski definition) is 3. The lowest BCUT2D eigenvalue weighted by molar-refractivity contribution is 0.391. The maximum Gasteiger partial charge on any atom is 0.256 e. The van der Waals surface area contributed by atoms with Crippen LogP contribution in [0.15, 0.2) is 6.20 Å². The van der Waals surface area contributed by atoms with Gasteiger partial charge in [-0.05, 0) is 5.41 Å². The minimum Gasteiger partial charge on any atom is -0.478 e. The second-order valence-corrected chi connectivity index (χ2v) is 4.64. The molecule has 1 heterocycles. The van der Waals surface area contributed by atoms with E-state index in [9.17, 15) is 0 Å². The third-order valence-corrected chi connectivity index (χ3v) is 1.80. The molecule has 0 aliphatic rings. The van der Waals surface area contributed by atoms with Crippen LogP contribution in [0.3, 0.4) is 0 Å². The number of methoxy groups -OCH3 is 1. The number of aryl methyl sites for hydroxylation is 1. The highest BCUT2D eigenvalue weighted by Crippen LogP contribution is 2.23. The van der Waals surface area contributed by atoms with Crippen LogP contribution in [0.5, 0.6) is 5.88 Å². The molecule has 1 rings (SSSR count). The first-order chi connectivity index (χ1) is 6.42. The van der Waals surface area contributed by atoms with E-state index in [1.807, 2.05) is 13.2 Å². The predicted octanol–water partition coefficient (Wildman–Crippen LogP) is 1.89. The predicted molar refractivity (Wildman–Crippen MR) is 57.7 cm³/mol. The third kappa shape index (κ3) is 2.94. The lowest BCUT2D eigenvalue weighted by Crippen LogP contribution is -2.19. The van der Waals surface area contributed by atoms with Crippen molar-refractivity contribution < 1.29 is 4.74 Å². The van der Waals surface area contributed by atoms with Crippen molar-refractivity contribution in [3.8, 4) is 5.88 Å². The molecule has 0 saturated carbocycles. The molecule has 0 saturated heterocycles. The Hall–Kier alpha value is -1.19. The Labute approximate surface area is 85.3 Å². The zero-order valence-electron chi connectivity index (χ0n) is 9.59. The fourth-order valence-corrected chi connectivity index (χ4v) is 1.10. The maximum atomic E-state index is 5.14. The number of nitrogens with zero attached hydrogens (tertiary/aromatic N) is 2. The second-order valence-electron chi connectivity index (χ2n) is 4.64. The van der Waals surface area contributed by atoms with Gasteiger partial charge in [-0.15, -0.1) is 5.10 Å². The molecule has 0 aliphatic heterocycles. The Morgan fingerprint density at radius 3 is 2.64 bits per heavy atom. The van der Waals surface area contributed by atoms with Crippen molar-refractivity contribution in [1.29, 1.82) is 0 Å². The molecule has 1 aromatic rings. The molecule has 0 fully saturated rings. The van der Waals surface area contributed by atoms with Crippen LogP contribution in [0.1, 0.15) is 20.8 Å². The van der Waals surface area contributed by atoms with E-state index in [0.717, 1.165) is 12.2 Å². The zero-order valence-corrected chi connectivity index (χ0v) is 9.59. The molecular weight excluding hydrogens is 178 g/mol. The summed E-state index contributed by atoms with van der Waals surface area (Å²) in [6.45, 7) is 7.45. The van der Waals surface area contributed by atoms with Crippen LogP contribution < -0.4 is 10.1 Å². The number of nitrogens with one attached hydrogen (secondary N) is 1. The van der Waals surface area contributed by atoms with Crippen molar-refractivity contribution in [1.82, 2.24) is 9.78 Å². The lowest BCUT2D eigenvalue weighted by Gasteiger charge is -2.18. The summed E-state index contributed by atoms with van der Waals surface area (Å²) in [5.41, 5.74) is 1.20. The summed E-state index contributed by atoms with van der Waals surface area (Å²) < 4.78 is 6.88. The summed E-state index contributed by atoms with van der Waals surface area (Å²) in [6, 6.07) is 0. The van der Waals surface area contributed by atoms with E-state index in [2.05, 4.69) is 31.2 Å². The second kappa shape index (κ2) is 3.90. The van der Waals surface area contributed by atoms with E-state index in [-0.39, 0.29) is 5.41 Å². The lowest BCUT2D eigenvalue weighted by atomic mass is 9.97. The SMILES string of the molecule is COc1nn(C)cc1NCC(C)(C)C. The van der Waals surface area contributed by atoms with Gasteiger partial charge in [0.25, 0.3) is 5.88 Å². The number of anilines is 1. The van der Waals surface area contributed by atoms with E-state index in [1.54, 1.807) is 11.8 Å². The Morgan fingerprint density at radius 1 is 1.50 bits per heavy atom. The molecule has 0 unspecified atom stereocenters. The Kier molecular flexibility index (Phi) is 3.03.